The molecule has 0 aliphatic carbocycles. The zero-order valence-electron chi connectivity index (χ0n) is 12.2. The van der Waals surface area contributed by atoms with E-state index >= 15 is 0 Å². The number of alkyl halides is 1. The lowest BCUT2D eigenvalue weighted by Gasteiger charge is -2.15. The third-order valence-corrected chi connectivity index (χ3v) is 5.62. The van der Waals surface area contributed by atoms with Crippen molar-refractivity contribution in [2.75, 3.05) is 12.6 Å². The molecule has 1 unspecified atom stereocenters. The maximum absolute atomic E-state index is 13.6. The molecule has 0 saturated carbocycles. The highest BCUT2D eigenvalue weighted by Crippen LogP contribution is 2.37. The van der Waals surface area contributed by atoms with Gasteiger partial charge < -0.3 is 0 Å². The Hall–Kier alpha value is -0.560. The Morgan fingerprint density at radius 1 is 0.950 bits per heavy atom. The van der Waals surface area contributed by atoms with Gasteiger partial charge in [-0.3, -0.25) is 0 Å². The summed E-state index contributed by atoms with van der Waals surface area (Å²) >= 11 is 0. The van der Waals surface area contributed by atoms with E-state index in [1.54, 1.807) is 0 Å². The molecule has 1 aromatic carbocycles. The topological polar surface area (TPSA) is 0 Å². The molecule has 0 nitrogen and oxygen atoms in total. The van der Waals surface area contributed by atoms with Gasteiger partial charge in [0, 0.05) is 5.30 Å². The normalized spacial score (nSPS) is 12.6. The first-order valence-electron chi connectivity index (χ1n) is 7.45. The third-order valence-electron chi connectivity index (χ3n) is 3.45. The molecule has 0 radical (unpaired) electrons. The second-order valence-electron chi connectivity index (χ2n) is 5.08. The van der Waals surface area contributed by atoms with Crippen molar-refractivity contribution in [3.63, 3.8) is 0 Å². The first-order chi connectivity index (χ1) is 9.70. The fourth-order valence-corrected chi connectivity index (χ4v) is 4.02. The Morgan fingerprint density at radius 3 is 2.25 bits per heavy atom. The van der Waals surface area contributed by atoms with Gasteiger partial charge in [0.15, 0.2) is 11.6 Å². The average Bonchev–Trinajstić information content (AvgIpc) is 2.46. The lowest BCUT2D eigenvalue weighted by atomic mass is 10.1. The third kappa shape index (κ3) is 5.83. The lowest BCUT2D eigenvalue weighted by molar-refractivity contribution is 0.513. The molecule has 0 fully saturated rings. The van der Waals surface area contributed by atoms with Crippen molar-refractivity contribution in [1.82, 2.24) is 0 Å². The quantitative estimate of drug-likeness (QED) is 0.381. The van der Waals surface area contributed by atoms with Gasteiger partial charge >= 0.3 is 0 Å². The Bertz CT molecular complexity index is 382. The van der Waals surface area contributed by atoms with Gasteiger partial charge in [0.2, 0.25) is 0 Å². The first kappa shape index (κ1) is 17.5. The fourth-order valence-electron chi connectivity index (χ4n) is 2.24. The van der Waals surface area contributed by atoms with Crippen LogP contribution in [0.1, 0.15) is 51.9 Å². The maximum Gasteiger partial charge on any atom is 0.166 e. The number of halogens is 3. The Balaban J connectivity index is 2.34. The van der Waals surface area contributed by atoms with E-state index in [-0.39, 0.29) is 5.30 Å². The van der Waals surface area contributed by atoms with E-state index in [1.807, 2.05) is 0 Å². The summed E-state index contributed by atoms with van der Waals surface area (Å²) in [5, 5.41) is 0.244. The van der Waals surface area contributed by atoms with Crippen molar-refractivity contribution in [3.05, 3.63) is 29.8 Å². The Kier molecular flexibility index (Phi) is 8.93. The second-order valence-corrected chi connectivity index (χ2v) is 7.32. The molecule has 0 aliphatic rings. The molecular weight excluding hydrogens is 280 g/mol. The van der Waals surface area contributed by atoms with Crippen molar-refractivity contribution in [3.8, 4) is 0 Å². The zero-order valence-corrected chi connectivity index (χ0v) is 13.1. The maximum atomic E-state index is 13.6. The molecule has 0 heterocycles. The number of hydrogen-bond acceptors (Lipinski definition) is 0. The van der Waals surface area contributed by atoms with Crippen molar-refractivity contribution in [2.24, 2.45) is 0 Å². The van der Waals surface area contributed by atoms with E-state index in [0.29, 0.717) is 6.16 Å². The van der Waals surface area contributed by atoms with Gasteiger partial charge in [-0.2, -0.15) is 0 Å². The molecule has 0 spiro atoms. The monoisotopic (exact) mass is 304 g/mol. The summed E-state index contributed by atoms with van der Waals surface area (Å²) in [6, 6.07) is 4.06. The largest absolute Gasteiger partial charge is 0.246 e. The molecule has 4 heteroatoms. The minimum Gasteiger partial charge on any atom is -0.246 e. The number of hydrogen-bond donors (Lipinski definition) is 0. The van der Waals surface area contributed by atoms with Gasteiger partial charge in [-0.15, -0.1) is 0 Å². The summed E-state index contributed by atoms with van der Waals surface area (Å²) in [6.45, 7) is 2.18. The molecule has 0 saturated heterocycles. The molecule has 0 aromatic heterocycles. The number of rotatable bonds is 10. The van der Waals surface area contributed by atoms with Crippen molar-refractivity contribution in [2.45, 2.75) is 51.9 Å². The molecule has 0 amide bonds. The molecule has 0 bridgehead atoms. The van der Waals surface area contributed by atoms with E-state index in [9.17, 15) is 13.2 Å². The van der Waals surface area contributed by atoms with Crippen LogP contribution in [0.4, 0.5) is 13.2 Å². The summed E-state index contributed by atoms with van der Waals surface area (Å²) in [4.78, 5) is 0. The fraction of sp³-hybridized carbons (Fsp3) is 0.625. The van der Waals surface area contributed by atoms with Crippen LogP contribution in [0.2, 0.25) is 0 Å². The van der Waals surface area contributed by atoms with Gasteiger partial charge in [-0.05, 0) is 26.6 Å². The highest BCUT2D eigenvalue weighted by Gasteiger charge is 2.17. The Labute approximate surface area is 121 Å². The molecule has 1 aromatic rings. The van der Waals surface area contributed by atoms with Crippen LogP contribution in [-0.4, -0.2) is 12.6 Å². The van der Waals surface area contributed by atoms with Gasteiger partial charge in [0.05, 0.1) is 0 Å². The summed E-state index contributed by atoms with van der Waals surface area (Å²) in [6.07, 6.45) is 8.17. The molecule has 20 heavy (non-hydrogen) atoms. The highest BCUT2D eigenvalue weighted by atomic mass is 31.1. The van der Waals surface area contributed by atoms with Crippen LogP contribution in [0.5, 0.6) is 0 Å². The van der Waals surface area contributed by atoms with Gasteiger partial charge in [-0.1, -0.05) is 57.6 Å². The molecule has 1 rings (SSSR count). The van der Waals surface area contributed by atoms with Crippen molar-refractivity contribution in [1.29, 1.82) is 0 Å². The predicted octanol–water partition coefficient (Wildman–Crippen LogP) is 5.75. The highest BCUT2D eigenvalue weighted by molar-refractivity contribution is 7.65. The smallest absolute Gasteiger partial charge is 0.166 e. The molecule has 1 atom stereocenters. The van der Waals surface area contributed by atoms with Crippen molar-refractivity contribution >= 4 is 13.2 Å². The lowest BCUT2D eigenvalue weighted by Crippen LogP contribution is -2.11. The van der Waals surface area contributed by atoms with Crippen LogP contribution >= 0.6 is 7.92 Å². The summed E-state index contributed by atoms with van der Waals surface area (Å²) < 4.78 is 39.8. The second kappa shape index (κ2) is 10.2. The van der Waals surface area contributed by atoms with E-state index < -0.39 is 26.0 Å². The predicted molar refractivity (Wildman–Crippen MR) is 81.7 cm³/mol. The SMILES string of the molecule is CCCCCCCCCP(CF)c1cccc(F)c1F. The summed E-state index contributed by atoms with van der Waals surface area (Å²) in [7, 11) is -1.20. The van der Waals surface area contributed by atoms with Gasteiger partial charge in [0.1, 0.15) is 6.42 Å². The zero-order chi connectivity index (χ0) is 14.8. The van der Waals surface area contributed by atoms with Crippen LogP contribution in [0, 0.1) is 11.6 Å². The van der Waals surface area contributed by atoms with E-state index in [1.165, 1.54) is 37.8 Å². The number of unbranched alkanes of at least 4 members (excludes halogenated alkanes) is 6. The van der Waals surface area contributed by atoms with Crippen LogP contribution in [0.3, 0.4) is 0 Å². The van der Waals surface area contributed by atoms with E-state index in [2.05, 4.69) is 6.92 Å². The van der Waals surface area contributed by atoms with Crippen LogP contribution < -0.4 is 5.30 Å². The van der Waals surface area contributed by atoms with Gasteiger partial charge in [0.25, 0.3) is 0 Å². The molecule has 0 N–H and O–H groups in total. The van der Waals surface area contributed by atoms with Crippen molar-refractivity contribution < 1.29 is 13.2 Å². The standard InChI is InChI=1S/C16H24F3P/c1-2-3-4-5-6-7-8-12-20(13-17)15-11-9-10-14(18)16(15)19/h9-11H,2-8,12-13H2,1H3. The molecule has 0 aliphatic heterocycles. The number of benzene rings is 1. The van der Waals surface area contributed by atoms with Crippen LogP contribution in [0.25, 0.3) is 0 Å². The minimum absolute atomic E-state index is 0.244. The van der Waals surface area contributed by atoms with E-state index in [0.717, 1.165) is 25.3 Å². The average molecular weight is 304 g/mol. The molecular formula is C16H24F3P. The Morgan fingerprint density at radius 2 is 1.60 bits per heavy atom. The minimum atomic E-state index is -1.20. The first-order valence-corrected chi connectivity index (χ1v) is 9.16. The van der Waals surface area contributed by atoms with Gasteiger partial charge in [-0.25, -0.2) is 13.2 Å². The van der Waals surface area contributed by atoms with Crippen LogP contribution in [-0.2, 0) is 0 Å². The van der Waals surface area contributed by atoms with Crippen LogP contribution in [0.15, 0.2) is 18.2 Å². The molecule has 114 valence electrons. The summed E-state index contributed by atoms with van der Waals surface area (Å²) in [5.74, 6) is -1.73. The summed E-state index contributed by atoms with van der Waals surface area (Å²) in [5.41, 5.74) is 0. The van der Waals surface area contributed by atoms with E-state index in [4.69, 9.17) is 0 Å².